The van der Waals surface area contributed by atoms with Gasteiger partial charge in [0.2, 0.25) is 0 Å². The van der Waals surface area contributed by atoms with Crippen LogP contribution in [-0.4, -0.2) is 56.1 Å². The van der Waals surface area contributed by atoms with Crippen LogP contribution in [-0.2, 0) is 4.74 Å². The van der Waals surface area contributed by atoms with E-state index in [2.05, 4.69) is 39.3 Å². The number of carbonyl (C=O) groups excluding carboxylic acids is 2. The zero-order chi connectivity index (χ0) is 24.1. The number of fused-ring (bicyclic) bond motifs is 1. The molecule has 2 amide bonds. The minimum absolute atomic E-state index is 0.00884. The van der Waals surface area contributed by atoms with E-state index in [1.54, 1.807) is 4.90 Å². The van der Waals surface area contributed by atoms with Crippen molar-refractivity contribution >= 4 is 39.5 Å². The van der Waals surface area contributed by atoms with Crippen molar-refractivity contribution in [1.82, 2.24) is 19.4 Å². The molecule has 33 heavy (non-hydrogen) atoms. The van der Waals surface area contributed by atoms with Gasteiger partial charge in [-0.15, -0.1) is 0 Å². The van der Waals surface area contributed by atoms with Gasteiger partial charge < -0.3 is 19.1 Å². The summed E-state index contributed by atoms with van der Waals surface area (Å²) in [6.07, 6.45) is 1.06. The van der Waals surface area contributed by atoms with Crippen LogP contribution in [0.15, 0.2) is 29.0 Å². The number of ether oxygens (including phenoxy) is 1. The third-order valence-electron chi connectivity index (χ3n) is 6.09. The molecule has 0 N–H and O–H groups in total. The molecule has 0 bridgehead atoms. The van der Waals surface area contributed by atoms with Crippen LogP contribution in [0, 0.1) is 0 Å². The van der Waals surface area contributed by atoms with Crippen LogP contribution in [0.1, 0.15) is 81.3 Å². The number of nitrogens with zero attached hydrogens (tertiary/aromatic N) is 4. The first kappa shape index (κ1) is 24.1. The van der Waals surface area contributed by atoms with Gasteiger partial charge in [0.15, 0.2) is 10.4 Å². The van der Waals surface area contributed by atoms with Crippen LogP contribution in [0.5, 0.6) is 0 Å². The monoisotopic (exact) mass is 536 g/mol. The maximum absolute atomic E-state index is 13.6. The summed E-state index contributed by atoms with van der Waals surface area (Å²) < 4.78 is 8.28. The largest absolute Gasteiger partial charge is 0.444 e. The van der Waals surface area contributed by atoms with E-state index in [9.17, 15) is 9.59 Å². The number of hydrogen-bond acceptors (Lipinski definition) is 4. The lowest BCUT2D eigenvalue weighted by Gasteiger charge is -2.40. The smallest absolute Gasteiger partial charge is 0.410 e. The highest BCUT2D eigenvalue weighted by Gasteiger charge is 2.47. The molecule has 1 aromatic carbocycles. The Labute approximate surface area is 208 Å². The Hall–Kier alpha value is -2.06. The quantitative estimate of drug-likeness (QED) is 0.494. The first-order chi connectivity index (χ1) is 15.5. The van der Waals surface area contributed by atoms with Gasteiger partial charge in [-0.05, 0) is 81.1 Å². The Morgan fingerprint density at radius 2 is 1.79 bits per heavy atom. The molecule has 9 heteroatoms. The normalized spacial score (nSPS) is 19.4. The zero-order valence-electron chi connectivity index (χ0n) is 19.6. The molecule has 1 aromatic heterocycles. The Kier molecular flexibility index (Phi) is 6.53. The lowest BCUT2D eigenvalue weighted by Crippen LogP contribution is -2.49. The van der Waals surface area contributed by atoms with E-state index >= 15 is 0 Å². The molecule has 0 aliphatic carbocycles. The fourth-order valence-corrected chi connectivity index (χ4v) is 5.60. The predicted molar refractivity (Wildman–Crippen MR) is 131 cm³/mol. The van der Waals surface area contributed by atoms with Crippen molar-refractivity contribution in [1.29, 1.82) is 0 Å². The number of piperidine rings is 1. The number of imidazole rings is 1. The molecule has 1 fully saturated rings. The van der Waals surface area contributed by atoms with Gasteiger partial charge in [0.25, 0.3) is 5.91 Å². The molecule has 0 radical (unpaired) electrons. The van der Waals surface area contributed by atoms with E-state index in [1.807, 2.05) is 49.9 Å². The van der Waals surface area contributed by atoms with Gasteiger partial charge in [-0.25, -0.2) is 9.78 Å². The number of likely N-dealkylation sites (tertiary alicyclic amines) is 1. The number of amides is 2. The second kappa shape index (κ2) is 8.95. The van der Waals surface area contributed by atoms with Crippen LogP contribution >= 0.6 is 27.5 Å². The Bertz CT molecular complexity index is 1050. The fraction of sp³-hybridized carbons (Fsp3) is 0.542. The van der Waals surface area contributed by atoms with E-state index in [-0.39, 0.29) is 30.1 Å². The SMILES string of the molecule is CC(C)n1c(Br)nc2c1C(c1ccc(Cl)cc1)N(C1CCN(C(=O)OC(C)(C)C)CC1)C2=O. The van der Waals surface area contributed by atoms with E-state index in [1.165, 1.54) is 0 Å². The first-order valence-electron chi connectivity index (χ1n) is 11.3. The molecule has 0 spiro atoms. The van der Waals surface area contributed by atoms with Crippen molar-refractivity contribution in [2.24, 2.45) is 0 Å². The average molecular weight is 538 g/mol. The number of benzene rings is 1. The molecular weight excluding hydrogens is 508 g/mol. The number of aromatic nitrogens is 2. The second-order valence-electron chi connectivity index (χ2n) is 9.94. The van der Waals surface area contributed by atoms with Crippen molar-refractivity contribution in [3.05, 3.63) is 51.0 Å². The van der Waals surface area contributed by atoms with Gasteiger partial charge in [-0.1, -0.05) is 23.7 Å². The fourth-order valence-electron chi connectivity index (χ4n) is 4.69. The summed E-state index contributed by atoms with van der Waals surface area (Å²) in [5.41, 5.74) is 1.86. The number of hydrogen-bond donors (Lipinski definition) is 0. The summed E-state index contributed by atoms with van der Waals surface area (Å²) in [6, 6.07) is 7.52. The molecule has 1 unspecified atom stereocenters. The molecule has 1 saturated heterocycles. The molecule has 4 rings (SSSR count). The predicted octanol–water partition coefficient (Wildman–Crippen LogP) is 5.82. The number of carbonyl (C=O) groups is 2. The van der Waals surface area contributed by atoms with Gasteiger partial charge in [0.1, 0.15) is 11.6 Å². The summed E-state index contributed by atoms with van der Waals surface area (Å²) in [6.45, 7) is 10.8. The van der Waals surface area contributed by atoms with Crippen molar-refractivity contribution in [3.63, 3.8) is 0 Å². The molecule has 2 aromatic rings. The van der Waals surface area contributed by atoms with E-state index in [0.29, 0.717) is 41.4 Å². The van der Waals surface area contributed by atoms with Crippen LogP contribution in [0.25, 0.3) is 0 Å². The minimum atomic E-state index is -0.533. The highest BCUT2D eigenvalue weighted by molar-refractivity contribution is 9.10. The first-order valence-corrected chi connectivity index (χ1v) is 12.5. The van der Waals surface area contributed by atoms with Crippen molar-refractivity contribution in [2.45, 2.75) is 71.2 Å². The van der Waals surface area contributed by atoms with Crippen LogP contribution in [0.3, 0.4) is 0 Å². The molecular formula is C24H30BrClN4O3. The molecule has 2 aliphatic heterocycles. The molecule has 0 saturated carbocycles. The van der Waals surface area contributed by atoms with Crippen molar-refractivity contribution < 1.29 is 14.3 Å². The Morgan fingerprint density at radius 1 is 1.18 bits per heavy atom. The lowest BCUT2D eigenvalue weighted by molar-refractivity contribution is 0.0135. The van der Waals surface area contributed by atoms with Crippen LogP contribution in [0.2, 0.25) is 5.02 Å². The summed E-state index contributed by atoms with van der Waals surface area (Å²) in [4.78, 5) is 34.4. The minimum Gasteiger partial charge on any atom is -0.444 e. The summed E-state index contributed by atoms with van der Waals surface area (Å²) in [5.74, 6) is -0.0687. The zero-order valence-corrected chi connectivity index (χ0v) is 22.0. The second-order valence-corrected chi connectivity index (χ2v) is 11.1. The summed E-state index contributed by atoms with van der Waals surface area (Å²) >= 11 is 9.70. The molecule has 7 nitrogen and oxygen atoms in total. The van der Waals surface area contributed by atoms with Gasteiger partial charge in [0.05, 0.1) is 5.69 Å². The highest BCUT2D eigenvalue weighted by Crippen LogP contribution is 2.44. The van der Waals surface area contributed by atoms with Crippen LogP contribution < -0.4 is 0 Å². The molecule has 3 heterocycles. The standard InChI is InChI=1S/C24H30BrClN4O3/c1-14(2)29-20-18(27-22(29)25)21(31)30(19(20)15-6-8-16(26)9-7-15)17-10-12-28(13-11-17)23(32)33-24(3,4)5/h6-9,14,17,19H,10-13H2,1-5H3. The summed E-state index contributed by atoms with van der Waals surface area (Å²) in [7, 11) is 0. The highest BCUT2D eigenvalue weighted by atomic mass is 79.9. The number of rotatable bonds is 3. The Morgan fingerprint density at radius 3 is 2.33 bits per heavy atom. The van der Waals surface area contributed by atoms with Gasteiger partial charge in [-0.3, -0.25) is 4.79 Å². The van der Waals surface area contributed by atoms with E-state index < -0.39 is 5.60 Å². The van der Waals surface area contributed by atoms with E-state index in [4.69, 9.17) is 16.3 Å². The van der Waals surface area contributed by atoms with Crippen molar-refractivity contribution in [3.8, 4) is 0 Å². The van der Waals surface area contributed by atoms with Gasteiger partial charge >= 0.3 is 6.09 Å². The molecule has 1 atom stereocenters. The van der Waals surface area contributed by atoms with Crippen molar-refractivity contribution in [2.75, 3.05) is 13.1 Å². The maximum atomic E-state index is 13.6. The molecule has 178 valence electrons. The molecule has 2 aliphatic rings. The average Bonchev–Trinajstić information content (AvgIpc) is 3.20. The third kappa shape index (κ3) is 4.64. The van der Waals surface area contributed by atoms with Crippen LogP contribution in [0.4, 0.5) is 4.79 Å². The maximum Gasteiger partial charge on any atom is 0.410 e. The third-order valence-corrected chi connectivity index (χ3v) is 6.90. The number of halogens is 2. The van der Waals surface area contributed by atoms with Gasteiger partial charge in [-0.2, -0.15) is 0 Å². The Balaban J connectivity index is 1.64. The summed E-state index contributed by atoms with van der Waals surface area (Å²) in [5, 5.41) is 0.652. The lowest BCUT2D eigenvalue weighted by atomic mass is 9.98. The van der Waals surface area contributed by atoms with Gasteiger partial charge in [0, 0.05) is 30.2 Å². The van der Waals surface area contributed by atoms with E-state index in [0.717, 1.165) is 11.3 Å². The topological polar surface area (TPSA) is 67.7 Å².